The average Bonchev–Trinajstić information content (AvgIpc) is 3.10. The molecule has 4 heteroatoms. The van der Waals surface area contributed by atoms with E-state index in [1.807, 2.05) is 60.2 Å². The molecule has 0 unspecified atom stereocenters. The van der Waals surface area contributed by atoms with Gasteiger partial charge in [0, 0.05) is 25.0 Å². The molecule has 3 aromatic rings. The topological polar surface area (TPSA) is 46.9 Å². The zero-order valence-electron chi connectivity index (χ0n) is 16.9. The number of imidazole rings is 1. The Labute approximate surface area is 166 Å². The first-order valence-electron chi connectivity index (χ1n) is 9.49. The highest BCUT2D eigenvalue weighted by molar-refractivity contribution is 5.91. The SMILES string of the molecule is Cc1nccn1-c1ccccc1CNC(=O)/C=C/c1ccc(C(C)(C)C)cc1. The first-order chi connectivity index (χ1) is 13.3. The maximum Gasteiger partial charge on any atom is 0.244 e. The van der Waals surface area contributed by atoms with Crippen molar-refractivity contribution in [2.24, 2.45) is 0 Å². The Morgan fingerprint density at radius 2 is 1.82 bits per heavy atom. The Morgan fingerprint density at radius 1 is 1.11 bits per heavy atom. The largest absolute Gasteiger partial charge is 0.348 e. The number of hydrogen-bond acceptors (Lipinski definition) is 2. The minimum absolute atomic E-state index is 0.114. The minimum atomic E-state index is -0.114. The van der Waals surface area contributed by atoms with Crippen molar-refractivity contribution in [1.29, 1.82) is 0 Å². The Balaban J connectivity index is 1.64. The number of hydrogen-bond donors (Lipinski definition) is 1. The van der Waals surface area contributed by atoms with Crippen LogP contribution in [0.2, 0.25) is 0 Å². The van der Waals surface area contributed by atoms with Gasteiger partial charge in [0.2, 0.25) is 5.91 Å². The average molecular weight is 374 g/mol. The van der Waals surface area contributed by atoms with Crippen molar-refractivity contribution in [2.45, 2.75) is 39.7 Å². The molecule has 4 nitrogen and oxygen atoms in total. The normalized spacial score (nSPS) is 11.7. The fraction of sp³-hybridized carbons (Fsp3) is 0.250. The van der Waals surface area contributed by atoms with Crippen molar-refractivity contribution in [3.63, 3.8) is 0 Å². The summed E-state index contributed by atoms with van der Waals surface area (Å²) in [5, 5.41) is 2.97. The van der Waals surface area contributed by atoms with E-state index in [-0.39, 0.29) is 11.3 Å². The quantitative estimate of drug-likeness (QED) is 0.653. The number of aryl methyl sites for hydroxylation is 1. The van der Waals surface area contributed by atoms with Crippen LogP contribution in [-0.4, -0.2) is 15.5 Å². The molecule has 0 bridgehead atoms. The van der Waals surface area contributed by atoms with Crippen LogP contribution in [-0.2, 0) is 16.8 Å². The van der Waals surface area contributed by atoms with E-state index < -0.39 is 0 Å². The molecule has 0 radical (unpaired) electrons. The Hall–Kier alpha value is -3.14. The van der Waals surface area contributed by atoms with Gasteiger partial charge < -0.3 is 9.88 Å². The van der Waals surface area contributed by atoms with Crippen LogP contribution in [0, 0.1) is 6.92 Å². The summed E-state index contributed by atoms with van der Waals surface area (Å²) in [6.45, 7) is 8.99. The predicted octanol–water partition coefficient (Wildman–Crippen LogP) is 4.81. The van der Waals surface area contributed by atoms with Crippen molar-refractivity contribution in [1.82, 2.24) is 14.9 Å². The highest BCUT2D eigenvalue weighted by Gasteiger charge is 2.12. The summed E-state index contributed by atoms with van der Waals surface area (Å²) in [5.41, 5.74) is 4.48. The third-order valence-corrected chi connectivity index (χ3v) is 4.73. The van der Waals surface area contributed by atoms with Gasteiger partial charge in [-0.25, -0.2) is 4.98 Å². The molecule has 1 amide bonds. The first kappa shape index (κ1) is 19.6. The number of carbonyl (C=O) groups excluding carboxylic acids is 1. The molecule has 0 aliphatic heterocycles. The lowest BCUT2D eigenvalue weighted by molar-refractivity contribution is -0.116. The van der Waals surface area contributed by atoms with Gasteiger partial charge in [0.1, 0.15) is 5.82 Å². The standard InChI is InChI=1S/C24H27N3O/c1-18-25-15-16-27(18)22-8-6-5-7-20(22)17-26-23(28)14-11-19-9-12-21(13-10-19)24(2,3)4/h5-16H,17H2,1-4H3,(H,26,28)/b14-11+. The van der Waals surface area contributed by atoms with Crippen molar-refractivity contribution < 1.29 is 4.79 Å². The minimum Gasteiger partial charge on any atom is -0.348 e. The van der Waals surface area contributed by atoms with Gasteiger partial charge in [0.15, 0.2) is 0 Å². The lowest BCUT2D eigenvalue weighted by Crippen LogP contribution is -2.21. The fourth-order valence-electron chi connectivity index (χ4n) is 3.04. The van der Waals surface area contributed by atoms with Crippen LogP contribution >= 0.6 is 0 Å². The van der Waals surface area contributed by atoms with E-state index in [4.69, 9.17) is 0 Å². The van der Waals surface area contributed by atoms with E-state index in [1.54, 1.807) is 12.3 Å². The Bertz CT molecular complexity index is 976. The molecule has 0 saturated carbocycles. The van der Waals surface area contributed by atoms with E-state index in [0.29, 0.717) is 6.54 Å². The summed E-state index contributed by atoms with van der Waals surface area (Å²) >= 11 is 0. The lowest BCUT2D eigenvalue weighted by atomic mass is 9.87. The summed E-state index contributed by atoms with van der Waals surface area (Å²) < 4.78 is 2.02. The molecule has 0 aliphatic rings. The van der Waals surface area contributed by atoms with Gasteiger partial charge in [-0.1, -0.05) is 63.2 Å². The van der Waals surface area contributed by atoms with E-state index in [9.17, 15) is 4.79 Å². The van der Waals surface area contributed by atoms with Crippen molar-refractivity contribution in [3.8, 4) is 5.69 Å². The van der Waals surface area contributed by atoms with Crippen molar-refractivity contribution in [2.75, 3.05) is 0 Å². The molecule has 1 N–H and O–H groups in total. The van der Waals surface area contributed by atoms with Gasteiger partial charge in [-0.3, -0.25) is 4.79 Å². The van der Waals surface area contributed by atoms with Gasteiger partial charge >= 0.3 is 0 Å². The number of rotatable bonds is 5. The number of para-hydroxylation sites is 1. The second-order valence-corrected chi connectivity index (χ2v) is 7.90. The van der Waals surface area contributed by atoms with Gasteiger partial charge in [-0.05, 0) is 41.2 Å². The summed E-state index contributed by atoms with van der Waals surface area (Å²) in [6.07, 6.45) is 7.13. The zero-order valence-corrected chi connectivity index (χ0v) is 16.9. The van der Waals surface area contributed by atoms with E-state index >= 15 is 0 Å². The van der Waals surface area contributed by atoms with Crippen LogP contribution < -0.4 is 5.32 Å². The molecule has 1 aromatic heterocycles. The Kier molecular flexibility index (Phi) is 5.78. The molecule has 3 rings (SSSR count). The summed E-state index contributed by atoms with van der Waals surface area (Å²) in [4.78, 5) is 16.5. The van der Waals surface area contributed by atoms with Crippen molar-refractivity contribution in [3.05, 3.63) is 89.5 Å². The molecule has 0 spiro atoms. The van der Waals surface area contributed by atoms with Gasteiger partial charge in [-0.15, -0.1) is 0 Å². The summed E-state index contributed by atoms with van der Waals surface area (Å²) in [6, 6.07) is 16.3. The monoisotopic (exact) mass is 373 g/mol. The zero-order chi connectivity index (χ0) is 20.1. The number of benzene rings is 2. The molecule has 0 fully saturated rings. The third-order valence-electron chi connectivity index (χ3n) is 4.73. The number of aromatic nitrogens is 2. The maximum absolute atomic E-state index is 12.3. The van der Waals surface area contributed by atoms with Crippen LogP contribution in [0.3, 0.4) is 0 Å². The summed E-state index contributed by atoms with van der Waals surface area (Å²) in [5.74, 6) is 0.800. The smallest absolute Gasteiger partial charge is 0.244 e. The molecule has 0 saturated heterocycles. The molecule has 0 aliphatic carbocycles. The number of nitrogens with zero attached hydrogens (tertiary/aromatic N) is 2. The molecule has 28 heavy (non-hydrogen) atoms. The van der Waals surface area contributed by atoms with Crippen LogP contribution in [0.1, 0.15) is 43.3 Å². The number of carbonyl (C=O) groups is 1. The number of amides is 1. The highest BCUT2D eigenvalue weighted by Crippen LogP contribution is 2.22. The fourth-order valence-corrected chi connectivity index (χ4v) is 3.04. The highest BCUT2D eigenvalue weighted by atomic mass is 16.1. The van der Waals surface area contributed by atoms with E-state index in [2.05, 4.69) is 43.2 Å². The molecule has 2 aromatic carbocycles. The molecule has 0 atom stereocenters. The molecule has 1 heterocycles. The van der Waals surface area contributed by atoms with Gasteiger partial charge in [-0.2, -0.15) is 0 Å². The van der Waals surface area contributed by atoms with Crippen LogP contribution in [0.5, 0.6) is 0 Å². The molecular formula is C24H27N3O. The summed E-state index contributed by atoms with van der Waals surface area (Å²) in [7, 11) is 0. The number of nitrogens with one attached hydrogen (secondary N) is 1. The third kappa shape index (κ3) is 4.77. The maximum atomic E-state index is 12.3. The van der Waals surface area contributed by atoms with Crippen LogP contribution in [0.15, 0.2) is 67.0 Å². The van der Waals surface area contributed by atoms with Crippen LogP contribution in [0.4, 0.5) is 0 Å². The van der Waals surface area contributed by atoms with Crippen molar-refractivity contribution >= 4 is 12.0 Å². The first-order valence-corrected chi connectivity index (χ1v) is 9.49. The second kappa shape index (κ2) is 8.26. The van der Waals surface area contributed by atoms with Crippen LogP contribution in [0.25, 0.3) is 11.8 Å². The predicted molar refractivity (Wildman–Crippen MR) is 114 cm³/mol. The van der Waals surface area contributed by atoms with Gasteiger partial charge in [0.25, 0.3) is 0 Å². The molecule has 144 valence electrons. The van der Waals surface area contributed by atoms with E-state index in [0.717, 1.165) is 22.6 Å². The lowest BCUT2D eigenvalue weighted by Gasteiger charge is -2.18. The second-order valence-electron chi connectivity index (χ2n) is 7.90. The Morgan fingerprint density at radius 3 is 2.46 bits per heavy atom. The van der Waals surface area contributed by atoms with E-state index in [1.165, 1.54) is 5.56 Å². The molecular weight excluding hydrogens is 346 g/mol. The van der Waals surface area contributed by atoms with Gasteiger partial charge in [0.05, 0.1) is 5.69 Å².